The van der Waals surface area contributed by atoms with Crippen molar-refractivity contribution >= 4 is 16.3 Å². The molecule has 1 saturated heterocycles. The number of ether oxygens (including phenoxy) is 2. The van der Waals surface area contributed by atoms with Crippen LogP contribution in [0, 0.1) is 0 Å². The quantitative estimate of drug-likeness (QED) is 0.0193. The Morgan fingerprint density at radius 1 is 0.494 bits per heavy atom. The number of aliphatic hydroxyl groups excluding tert-OH is 4. The van der Waals surface area contributed by atoms with Crippen LogP contribution in [0.15, 0.2) is 24.3 Å². The third-order valence-electron chi connectivity index (χ3n) is 16.8. The largest absolute Gasteiger partial charge is 0.397 e. The molecule has 0 bridgehead atoms. The maximum atomic E-state index is 13.2. The molecule has 0 aromatic heterocycles. The van der Waals surface area contributed by atoms with E-state index in [0.717, 1.165) is 57.8 Å². The lowest BCUT2D eigenvalue weighted by atomic mass is 9.99. The third kappa shape index (κ3) is 49.4. The number of nitrogens with one attached hydrogen (secondary N) is 1. The minimum atomic E-state index is -5.08. The van der Waals surface area contributed by atoms with Gasteiger partial charge in [0.2, 0.25) is 5.91 Å². The molecule has 7 unspecified atom stereocenters. The van der Waals surface area contributed by atoms with Gasteiger partial charge < -0.3 is 35.2 Å². The smallest absolute Gasteiger partial charge is 0.394 e. The van der Waals surface area contributed by atoms with Gasteiger partial charge in [-0.1, -0.05) is 321 Å². The predicted molar refractivity (Wildman–Crippen MR) is 338 cm³/mol. The number of carbonyl (C=O) groups excluding carboxylic acids is 1. The lowest BCUT2D eigenvalue weighted by Crippen LogP contribution is -2.61. The lowest BCUT2D eigenvalue weighted by molar-refractivity contribution is -0.298. The Labute approximate surface area is 499 Å². The van der Waals surface area contributed by atoms with E-state index in [1.807, 2.05) is 0 Å². The molecule has 13 heteroatoms. The lowest BCUT2D eigenvalue weighted by Gasteiger charge is -2.41. The number of aliphatic hydroxyl groups is 4. The zero-order chi connectivity index (χ0) is 59.0. The van der Waals surface area contributed by atoms with Gasteiger partial charge in [0.15, 0.2) is 6.29 Å². The molecule has 81 heavy (non-hydrogen) atoms. The van der Waals surface area contributed by atoms with Crippen molar-refractivity contribution in [2.75, 3.05) is 13.2 Å². The van der Waals surface area contributed by atoms with Crippen molar-refractivity contribution in [3.8, 4) is 0 Å². The van der Waals surface area contributed by atoms with E-state index < -0.39 is 59.9 Å². The summed E-state index contributed by atoms with van der Waals surface area (Å²) in [7, 11) is -5.08. The first-order valence-corrected chi connectivity index (χ1v) is 36.1. The van der Waals surface area contributed by atoms with Crippen molar-refractivity contribution in [3.05, 3.63) is 24.3 Å². The number of hydrogen-bond donors (Lipinski definition) is 6. The van der Waals surface area contributed by atoms with E-state index in [0.29, 0.717) is 12.8 Å². The minimum absolute atomic E-state index is 0.223. The van der Waals surface area contributed by atoms with E-state index in [4.69, 9.17) is 9.47 Å². The average Bonchev–Trinajstić information content (AvgIpc) is 3.51. The van der Waals surface area contributed by atoms with Gasteiger partial charge in [-0.2, -0.15) is 8.42 Å². The Morgan fingerprint density at radius 3 is 1.17 bits per heavy atom. The van der Waals surface area contributed by atoms with Crippen LogP contribution in [-0.4, -0.2) is 95.4 Å². The molecule has 0 spiro atoms. The van der Waals surface area contributed by atoms with Crippen LogP contribution in [0.1, 0.15) is 348 Å². The van der Waals surface area contributed by atoms with Gasteiger partial charge in [-0.25, -0.2) is 4.18 Å². The number of amides is 1. The Kier molecular flexibility index (Phi) is 55.2. The first-order chi connectivity index (χ1) is 39.5. The molecular formula is C68H131NO11S. The van der Waals surface area contributed by atoms with Gasteiger partial charge in [0.1, 0.15) is 24.4 Å². The molecule has 6 N–H and O–H groups in total. The van der Waals surface area contributed by atoms with E-state index in [1.54, 1.807) is 0 Å². The minimum Gasteiger partial charge on any atom is -0.394 e. The molecule has 1 heterocycles. The van der Waals surface area contributed by atoms with Crippen molar-refractivity contribution in [1.29, 1.82) is 0 Å². The normalized spacial score (nSPS) is 18.6. The first-order valence-electron chi connectivity index (χ1n) is 34.7. The molecule has 0 aliphatic carbocycles. The molecule has 1 fully saturated rings. The Balaban J connectivity index is 2.24. The Bertz CT molecular complexity index is 1520. The molecule has 480 valence electrons. The summed E-state index contributed by atoms with van der Waals surface area (Å²) < 4.78 is 48.1. The van der Waals surface area contributed by atoms with Crippen molar-refractivity contribution in [1.82, 2.24) is 5.32 Å². The fraction of sp³-hybridized carbons (Fsp3) is 0.926. The second-order valence-corrected chi connectivity index (χ2v) is 25.5. The molecule has 0 saturated carbocycles. The highest BCUT2D eigenvalue weighted by Crippen LogP contribution is 2.27. The second kappa shape index (κ2) is 57.6. The fourth-order valence-corrected chi connectivity index (χ4v) is 11.9. The number of hydrogen-bond acceptors (Lipinski definition) is 10. The summed E-state index contributed by atoms with van der Waals surface area (Å²) in [6, 6.07) is -0.859. The highest BCUT2D eigenvalue weighted by molar-refractivity contribution is 7.80. The van der Waals surface area contributed by atoms with Gasteiger partial charge in [-0.15, -0.1) is 0 Å². The van der Waals surface area contributed by atoms with Crippen LogP contribution in [0.2, 0.25) is 0 Å². The molecule has 0 aromatic rings. The van der Waals surface area contributed by atoms with Crippen molar-refractivity contribution < 1.29 is 51.8 Å². The zero-order valence-electron chi connectivity index (χ0n) is 52.6. The molecule has 1 amide bonds. The van der Waals surface area contributed by atoms with E-state index in [-0.39, 0.29) is 12.5 Å². The standard InChI is InChI=1S/C68H131NO11S/c1-3-5-7-9-11-13-15-17-19-21-23-25-27-28-29-30-31-32-33-34-36-38-40-42-44-46-48-50-52-54-56-58-64(72)69-61(60-78-68-66(74)67(80-81(75,76)77)65(73)63(59-70)79-68)62(71)57-55-53-51-49-47-45-43-41-39-37-35-26-24-22-20-18-16-14-12-10-8-6-4-2/h23,25,28-29,61-63,65-68,70-71,73-74H,3-22,24,26-27,30-60H2,1-2H3,(H,69,72)(H,75,76,77)/b25-23-,29-28-. The number of rotatable bonds is 62. The summed E-state index contributed by atoms with van der Waals surface area (Å²) in [5.41, 5.74) is 0. The van der Waals surface area contributed by atoms with E-state index in [9.17, 15) is 38.2 Å². The van der Waals surface area contributed by atoms with E-state index in [1.165, 1.54) is 263 Å². The summed E-state index contributed by atoms with van der Waals surface area (Å²) in [5, 5.41) is 45.3. The zero-order valence-corrected chi connectivity index (χ0v) is 53.4. The highest BCUT2D eigenvalue weighted by atomic mass is 32.3. The van der Waals surface area contributed by atoms with Crippen LogP contribution in [-0.2, 0) is 28.9 Å². The van der Waals surface area contributed by atoms with Crippen LogP contribution in [0.3, 0.4) is 0 Å². The first kappa shape index (κ1) is 77.6. The Hall–Kier alpha value is -1.42. The van der Waals surface area contributed by atoms with Crippen LogP contribution < -0.4 is 5.32 Å². The van der Waals surface area contributed by atoms with Gasteiger partial charge >= 0.3 is 10.4 Å². The maximum absolute atomic E-state index is 13.2. The SMILES string of the molecule is CCCCCCCCCCC/C=C\C/C=C\CCCCCCCCCCCCCCCCCC(=O)NC(COC1OC(CO)C(O)C(OS(=O)(=O)O)C1O)C(O)CCCCCCCCCCCCCCCCCCCCCCCCC. The molecule has 1 aliphatic heterocycles. The summed E-state index contributed by atoms with van der Waals surface area (Å²) in [6.45, 7) is 3.52. The predicted octanol–water partition coefficient (Wildman–Crippen LogP) is 17.9. The number of carbonyl (C=O) groups is 1. The van der Waals surface area contributed by atoms with Crippen LogP contribution in [0.4, 0.5) is 0 Å². The summed E-state index contributed by atoms with van der Waals surface area (Å²) in [6.07, 6.45) is 64.9. The van der Waals surface area contributed by atoms with Gasteiger partial charge in [-0.3, -0.25) is 9.35 Å². The molecular weight excluding hydrogens is 1040 g/mol. The van der Waals surface area contributed by atoms with Gasteiger partial charge in [0.25, 0.3) is 0 Å². The number of allylic oxidation sites excluding steroid dienone is 4. The molecule has 1 rings (SSSR count). The number of unbranched alkanes of at least 4 members (excludes halogenated alkanes) is 46. The molecule has 0 radical (unpaired) electrons. The van der Waals surface area contributed by atoms with Crippen LogP contribution in [0.25, 0.3) is 0 Å². The van der Waals surface area contributed by atoms with Gasteiger partial charge in [-0.05, 0) is 44.9 Å². The summed E-state index contributed by atoms with van der Waals surface area (Å²) in [5.74, 6) is -0.223. The van der Waals surface area contributed by atoms with E-state index in [2.05, 4.69) is 47.7 Å². The molecule has 0 aromatic carbocycles. The monoisotopic (exact) mass is 1170 g/mol. The molecule has 1 aliphatic rings. The Morgan fingerprint density at radius 2 is 0.827 bits per heavy atom. The van der Waals surface area contributed by atoms with Crippen molar-refractivity contribution in [2.45, 2.75) is 391 Å². The van der Waals surface area contributed by atoms with E-state index >= 15 is 0 Å². The topological polar surface area (TPSA) is 192 Å². The van der Waals surface area contributed by atoms with Gasteiger partial charge in [0, 0.05) is 6.42 Å². The molecule has 7 atom stereocenters. The molecule has 12 nitrogen and oxygen atoms in total. The summed E-state index contributed by atoms with van der Waals surface area (Å²) in [4.78, 5) is 13.2. The maximum Gasteiger partial charge on any atom is 0.397 e. The average molecular weight is 1170 g/mol. The van der Waals surface area contributed by atoms with Crippen molar-refractivity contribution in [2.24, 2.45) is 0 Å². The van der Waals surface area contributed by atoms with Crippen LogP contribution in [0.5, 0.6) is 0 Å². The summed E-state index contributed by atoms with van der Waals surface area (Å²) >= 11 is 0. The van der Waals surface area contributed by atoms with Crippen LogP contribution >= 0.6 is 0 Å². The van der Waals surface area contributed by atoms with Gasteiger partial charge in [0.05, 0.1) is 25.4 Å². The fourth-order valence-electron chi connectivity index (χ4n) is 11.4. The highest BCUT2D eigenvalue weighted by Gasteiger charge is 2.48. The third-order valence-corrected chi connectivity index (χ3v) is 17.2. The van der Waals surface area contributed by atoms with Crippen molar-refractivity contribution in [3.63, 3.8) is 0 Å². The second-order valence-electron chi connectivity index (χ2n) is 24.5.